The van der Waals surface area contributed by atoms with Crippen molar-refractivity contribution >= 4 is 22.5 Å². The molecule has 0 aliphatic carbocycles. The average Bonchev–Trinajstić information content (AvgIpc) is 3.24. The number of fused-ring (bicyclic) bond motifs is 1. The molecule has 6 nitrogen and oxygen atoms in total. The first kappa shape index (κ1) is 17.4. The number of nitrogens with zero attached hydrogens (tertiary/aromatic N) is 3. The summed E-state index contributed by atoms with van der Waals surface area (Å²) >= 11 is 1.44. The van der Waals surface area contributed by atoms with Crippen LogP contribution in [0.5, 0.6) is 0 Å². The molecular weight excluding hydrogens is 346 g/mol. The van der Waals surface area contributed by atoms with Crippen LogP contribution in [-0.4, -0.2) is 46.3 Å². The average molecular weight is 372 g/mol. The molecule has 1 aromatic heterocycles. The zero-order valence-corrected chi connectivity index (χ0v) is 15.9. The van der Waals surface area contributed by atoms with Crippen LogP contribution in [-0.2, 0) is 6.42 Å². The van der Waals surface area contributed by atoms with Gasteiger partial charge in [0.1, 0.15) is 5.01 Å². The molecule has 26 heavy (non-hydrogen) atoms. The number of amides is 2. The summed E-state index contributed by atoms with van der Waals surface area (Å²) in [7, 11) is 0. The molecule has 7 heteroatoms. The summed E-state index contributed by atoms with van der Waals surface area (Å²) in [5.41, 5.74) is 2.44. The number of hydrogen-bond acceptors (Lipinski definition) is 5. The molecule has 0 spiro atoms. The van der Waals surface area contributed by atoms with E-state index in [2.05, 4.69) is 56.9 Å². The normalized spacial score (nSPS) is 22.8. The Hall–Kier alpha value is -1.99. The minimum atomic E-state index is -0.166. The van der Waals surface area contributed by atoms with Crippen LogP contribution >= 0.6 is 11.3 Å². The number of aryl methyl sites for hydroxylation is 1. The highest BCUT2D eigenvalue weighted by Gasteiger charge is 2.36. The van der Waals surface area contributed by atoms with Crippen LogP contribution in [0, 0.1) is 6.92 Å². The fourth-order valence-electron chi connectivity index (χ4n) is 3.97. The van der Waals surface area contributed by atoms with Gasteiger partial charge in [-0.1, -0.05) is 47.6 Å². The summed E-state index contributed by atoms with van der Waals surface area (Å²) in [6.45, 7) is 4.34. The van der Waals surface area contributed by atoms with Crippen LogP contribution in [0.2, 0.25) is 0 Å². The molecule has 2 atom stereocenters. The highest BCUT2D eigenvalue weighted by atomic mass is 32.1. The first-order valence-corrected chi connectivity index (χ1v) is 10.2. The predicted octanol–water partition coefficient (Wildman–Crippen LogP) is 3.19. The minimum Gasteiger partial charge on any atom is -0.333 e. The topological polar surface area (TPSA) is 70.1 Å². The molecule has 2 saturated heterocycles. The number of anilines is 1. The largest absolute Gasteiger partial charge is 0.333 e. The fraction of sp³-hybridized carbons (Fsp3) is 0.526. The Balaban J connectivity index is 1.31. The molecule has 2 aliphatic heterocycles. The van der Waals surface area contributed by atoms with E-state index in [1.165, 1.54) is 48.3 Å². The molecule has 2 amide bonds. The van der Waals surface area contributed by atoms with E-state index >= 15 is 0 Å². The third kappa shape index (κ3) is 4.04. The lowest BCUT2D eigenvalue weighted by Crippen LogP contribution is -2.47. The number of hydrogen-bond donors (Lipinski definition) is 2. The van der Waals surface area contributed by atoms with E-state index in [4.69, 9.17) is 0 Å². The zero-order valence-electron chi connectivity index (χ0n) is 15.1. The molecule has 0 saturated carbocycles. The Morgan fingerprint density at radius 2 is 2.04 bits per heavy atom. The lowest BCUT2D eigenvalue weighted by atomic mass is 9.99. The molecule has 2 aromatic rings. The number of carbonyl (C=O) groups is 1. The van der Waals surface area contributed by atoms with Gasteiger partial charge in [-0.2, -0.15) is 0 Å². The van der Waals surface area contributed by atoms with Crippen LogP contribution in [0.4, 0.5) is 9.93 Å². The molecule has 138 valence electrons. The van der Waals surface area contributed by atoms with Gasteiger partial charge < -0.3 is 5.32 Å². The van der Waals surface area contributed by atoms with Gasteiger partial charge in [0.2, 0.25) is 5.13 Å². The number of rotatable bonds is 4. The molecule has 2 unspecified atom stereocenters. The van der Waals surface area contributed by atoms with Crippen LogP contribution in [0.15, 0.2) is 24.3 Å². The van der Waals surface area contributed by atoms with Gasteiger partial charge >= 0.3 is 6.03 Å². The molecule has 0 bridgehead atoms. The number of carbonyl (C=O) groups excluding carboxylic acids is 1. The Kier molecular flexibility index (Phi) is 5.17. The van der Waals surface area contributed by atoms with Crippen molar-refractivity contribution in [3.05, 3.63) is 40.4 Å². The Morgan fingerprint density at radius 3 is 2.88 bits per heavy atom. The van der Waals surface area contributed by atoms with Gasteiger partial charge in [0.25, 0.3) is 0 Å². The fourth-order valence-corrected chi connectivity index (χ4v) is 4.74. The second-order valence-corrected chi connectivity index (χ2v) is 8.32. The van der Waals surface area contributed by atoms with Crippen LogP contribution in [0.1, 0.15) is 41.8 Å². The number of nitrogens with one attached hydrogen (secondary N) is 2. The summed E-state index contributed by atoms with van der Waals surface area (Å²) in [6, 6.07) is 8.98. The van der Waals surface area contributed by atoms with Gasteiger partial charge in [-0.3, -0.25) is 10.2 Å². The molecule has 2 N–H and O–H groups in total. The smallest absolute Gasteiger partial charge is 0.321 e. The third-order valence-electron chi connectivity index (χ3n) is 5.34. The SMILES string of the molecule is Cc1ccc(Cc2nnc(NC(=O)NC3CCN4CCCCC34)s2)cc1. The maximum Gasteiger partial charge on any atom is 0.321 e. The van der Waals surface area contributed by atoms with Crippen molar-refractivity contribution in [3.8, 4) is 0 Å². The van der Waals surface area contributed by atoms with Gasteiger partial charge in [0.15, 0.2) is 0 Å². The van der Waals surface area contributed by atoms with E-state index in [0.717, 1.165) is 24.4 Å². The number of piperidine rings is 1. The predicted molar refractivity (Wildman–Crippen MR) is 104 cm³/mol. The zero-order chi connectivity index (χ0) is 17.9. The Labute approximate surface area is 158 Å². The van der Waals surface area contributed by atoms with Crippen molar-refractivity contribution in [2.75, 3.05) is 18.4 Å². The van der Waals surface area contributed by atoms with Gasteiger partial charge in [-0.25, -0.2) is 4.79 Å². The van der Waals surface area contributed by atoms with E-state index in [1.54, 1.807) is 0 Å². The molecule has 2 aliphatic rings. The summed E-state index contributed by atoms with van der Waals surface area (Å²) in [5, 5.41) is 15.8. The lowest BCUT2D eigenvalue weighted by molar-refractivity contribution is 0.180. The van der Waals surface area contributed by atoms with Crippen LogP contribution in [0.25, 0.3) is 0 Å². The second kappa shape index (κ2) is 7.72. The van der Waals surface area contributed by atoms with Crippen molar-refractivity contribution in [2.24, 2.45) is 0 Å². The molecule has 4 rings (SSSR count). The molecule has 1 aromatic carbocycles. The van der Waals surface area contributed by atoms with Crippen LogP contribution < -0.4 is 10.6 Å². The van der Waals surface area contributed by atoms with E-state index in [9.17, 15) is 4.79 Å². The Morgan fingerprint density at radius 1 is 1.19 bits per heavy atom. The van der Waals surface area contributed by atoms with Gasteiger partial charge in [-0.15, -0.1) is 10.2 Å². The number of benzene rings is 1. The molecule has 0 radical (unpaired) electrons. The highest BCUT2D eigenvalue weighted by molar-refractivity contribution is 7.15. The molecule has 2 fully saturated rings. The first-order valence-electron chi connectivity index (χ1n) is 9.37. The third-order valence-corrected chi connectivity index (χ3v) is 6.17. The second-order valence-electron chi connectivity index (χ2n) is 7.26. The van der Waals surface area contributed by atoms with E-state index < -0.39 is 0 Å². The molecular formula is C19H25N5OS. The minimum absolute atomic E-state index is 0.166. The van der Waals surface area contributed by atoms with Crippen molar-refractivity contribution < 1.29 is 4.79 Å². The molecule has 3 heterocycles. The maximum absolute atomic E-state index is 12.3. The maximum atomic E-state index is 12.3. The summed E-state index contributed by atoms with van der Waals surface area (Å²) in [5.74, 6) is 0. The van der Waals surface area contributed by atoms with Gasteiger partial charge in [0.05, 0.1) is 0 Å². The van der Waals surface area contributed by atoms with E-state index in [1.807, 2.05) is 0 Å². The van der Waals surface area contributed by atoms with Crippen molar-refractivity contribution in [1.29, 1.82) is 0 Å². The quantitative estimate of drug-likeness (QED) is 0.866. The monoisotopic (exact) mass is 371 g/mol. The van der Waals surface area contributed by atoms with E-state index in [0.29, 0.717) is 11.2 Å². The highest BCUT2D eigenvalue weighted by Crippen LogP contribution is 2.27. The summed E-state index contributed by atoms with van der Waals surface area (Å²) in [6.07, 6.45) is 5.50. The van der Waals surface area contributed by atoms with Crippen molar-refractivity contribution in [3.63, 3.8) is 0 Å². The number of urea groups is 1. The summed E-state index contributed by atoms with van der Waals surface area (Å²) in [4.78, 5) is 14.9. The van der Waals surface area contributed by atoms with Crippen LogP contribution in [0.3, 0.4) is 0 Å². The first-order chi connectivity index (χ1) is 12.7. The van der Waals surface area contributed by atoms with E-state index in [-0.39, 0.29) is 12.1 Å². The summed E-state index contributed by atoms with van der Waals surface area (Å²) < 4.78 is 0. The Bertz CT molecular complexity index is 760. The number of aromatic nitrogens is 2. The lowest BCUT2D eigenvalue weighted by Gasteiger charge is -2.32. The van der Waals surface area contributed by atoms with Gasteiger partial charge in [0, 0.05) is 25.0 Å². The van der Waals surface area contributed by atoms with Gasteiger partial charge in [-0.05, 0) is 38.3 Å². The standard InChI is InChI=1S/C19H25N5OS/c1-13-5-7-14(8-6-13)12-17-22-23-19(26-17)21-18(25)20-15-9-11-24-10-3-2-4-16(15)24/h5-8,15-16H,2-4,9-12H2,1H3,(H2,20,21,23,25). The van der Waals surface area contributed by atoms with Crippen molar-refractivity contribution in [1.82, 2.24) is 20.4 Å². The van der Waals surface area contributed by atoms with Crippen molar-refractivity contribution in [2.45, 2.75) is 51.1 Å².